The molecule has 1 aromatic rings. The topological polar surface area (TPSA) is 46.5 Å². The van der Waals surface area contributed by atoms with Gasteiger partial charge >= 0.3 is 0 Å². The van der Waals surface area contributed by atoms with Gasteiger partial charge in [-0.1, -0.05) is 12.1 Å². The molecule has 0 radical (unpaired) electrons. The molecule has 0 fully saturated rings. The molecule has 3 heteroatoms. The Balaban J connectivity index is 3.01. The molecule has 0 atom stereocenters. The van der Waals surface area contributed by atoms with Crippen LogP contribution in [0.1, 0.15) is 12.5 Å². The number of phenolic OH excluding ortho intramolecular Hbond substituents is 1. The number of Topliss-reactive ketones (excluding diaryl/α,β-unsaturated/α-hetero) is 1. The van der Waals surface area contributed by atoms with Crippen molar-refractivity contribution in [3.05, 3.63) is 23.8 Å². The Morgan fingerprint density at radius 3 is 2.77 bits per heavy atom. The van der Waals surface area contributed by atoms with Crippen LogP contribution < -0.4 is 4.74 Å². The first-order valence-corrected chi connectivity index (χ1v) is 3.99. The summed E-state index contributed by atoms with van der Waals surface area (Å²) in [6, 6.07) is 5.11. The first-order valence-electron chi connectivity index (χ1n) is 3.99. The molecular formula is C10H12O3. The molecule has 1 N–H and O–H groups in total. The van der Waals surface area contributed by atoms with E-state index < -0.39 is 0 Å². The van der Waals surface area contributed by atoms with Crippen molar-refractivity contribution in [3.63, 3.8) is 0 Å². The van der Waals surface area contributed by atoms with E-state index in [1.165, 1.54) is 14.0 Å². The lowest BCUT2D eigenvalue weighted by atomic mass is 10.1. The predicted octanol–water partition coefficient (Wildman–Crippen LogP) is 1.53. The van der Waals surface area contributed by atoms with Crippen molar-refractivity contribution in [1.29, 1.82) is 0 Å². The summed E-state index contributed by atoms with van der Waals surface area (Å²) in [7, 11) is 1.48. The zero-order valence-corrected chi connectivity index (χ0v) is 7.70. The lowest BCUT2D eigenvalue weighted by Crippen LogP contribution is -1.97. The van der Waals surface area contributed by atoms with Crippen LogP contribution in [0.25, 0.3) is 0 Å². The van der Waals surface area contributed by atoms with Gasteiger partial charge in [0.25, 0.3) is 0 Å². The second-order valence-electron chi connectivity index (χ2n) is 2.85. The Labute approximate surface area is 77.0 Å². The first-order chi connectivity index (χ1) is 6.15. The predicted molar refractivity (Wildman–Crippen MR) is 49.0 cm³/mol. The van der Waals surface area contributed by atoms with Crippen LogP contribution in [0.4, 0.5) is 0 Å². The standard InChI is InChI=1S/C10H12O3/c1-7(11)6-8-4-3-5-9(13-2)10(8)12/h3-5,12H,6H2,1-2H3. The molecule has 0 aromatic heterocycles. The van der Waals surface area contributed by atoms with Gasteiger partial charge in [-0.3, -0.25) is 4.79 Å². The van der Waals surface area contributed by atoms with E-state index in [1.807, 2.05) is 0 Å². The zero-order valence-electron chi connectivity index (χ0n) is 7.70. The van der Waals surface area contributed by atoms with E-state index in [2.05, 4.69) is 0 Å². The van der Waals surface area contributed by atoms with Crippen LogP contribution >= 0.6 is 0 Å². The van der Waals surface area contributed by atoms with E-state index >= 15 is 0 Å². The van der Waals surface area contributed by atoms with Crippen LogP contribution in [-0.4, -0.2) is 18.0 Å². The summed E-state index contributed by atoms with van der Waals surface area (Å²) < 4.78 is 4.91. The third kappa shape index (κ3) is 2.21. The van der Waals surface area contributed by atoms with E-state index in [9.17, 15) is 9.90 Å². The Bertz CT molecular complexity index is 318. The van der Waals surface area contributed by atoms with Crippen molar-refractivity contribution in [3.8, 4) is 11.5 Å². The largest absolute Gasteiger partial charge is 0.504 e. The van der Waals surface area contributed by atoms with Gasteiger partial charge in [0.2, 0.25) is 0 Å². The van der Waals surface area contributed by atoms with Crippen LogP contribution in [0.15, 0.2) is 18.2 Å². The van der Waals surface area contributed by atoms with Gasteiger partial charge in [-0.2, -0.15) is 0 Å². The number of para-hydroxylation sites is 1. The Kier molecular flexibility index (Phi) is 2.90. The average Bonchev–Trinajstić information content (AvgIpc) is 2.08. The molecule has 0 spiro atoms. The highest BCUT2D eigenvalue weighted by Crippen LogP contribution is 2.29. The summed E-state index contributed by atoms with van der Waals surface area (Å²) >= 11 is 0. The van der Waals surface area contributed by atoms with Crippen molar-refractivity contribution in [1.82, 2.24) is 0 Å². The molecule has 1 rings (SSSR count). The number of aromatic hydroxyl groups is 1. The molecule has 0 aliphatic heterocycles. The van der Waals surface area contributed by atoms with Crippen LogP contribution in [0.2, 0.25) is 0 Å². The van der Waals surface area contributed by atoms with E-state index in [4.69, 9.17) is 4.74 Å². The van der Waals surface area contributed by atoms with Crippen molar-refractivity contribution in [2.75, 3.05) is 7.11 Å². The van der Waals surface area contributed by atoms with Crippen LogP contribution in [0.3, 0.4) is 0 Å². The first kappa shape index (κ1) is 9.58. The molecule has 13 heavy (non-hydrogen) atoms. The van der Waals surface area contributed by atoms with E-state index in [0.29, 0.717) is 11.3 Å². The fourth-order valence-electron chi connectivity index (χ4n) is 1.14. The third-order valence-electron chi connectivity index (χ3n) is 1.74. The number of methoxy groups -OCH3 is 1. The monoisotopic (exact) mass is 180 g/mol. The van der Waals surface area contributed by atoms with Crippen molar-refractivity contribution < 1.29 is 14.6 Å². The summed E-state index contributed by atoms with van der Waals surface area (Å²) in [4.78, 5) is 10.8. The Morgan fingerprint density at radius 2 is 2.23 bits per heavy atom. The molecule has 0 heterocycles. The minimum Gasteiger partial charge on any atom is -0.504 e. The molecule has 0 aliphatic carbocycles. The SMILES string of the molecule is COc1cccc(CC(C)=O)c1O. The number of rotatable bonds is 3. The number of hydrogen-bond acceptors (Lipinski definition) is 3. The van der Waals surface area contributed by atoms with Crippen LogP contribution in [-0.2, 0) is 11.2 Å². The van der Waals surface area contributed by atoms with Crippen molar-refractivity contribution in [2.24, 2.45) is 0 Å². The summed E-state index contributed by atoms with van der Waals surface area (Å²) in [5, 5.41) is 9.56. The average molecular weight is 180 g/mol. The van der Waals surface area contributed by atoms with Gasteiger partial charge in [-0.05, 0) is 13.0 Å². The Morgan fingerprint density at radius 1 is 1.54 bits per heavy atom. The third-order valence-corrected chi connectivity index (χ3v) is 1.74. The minimum atomic E-state index is 0.0172. The number of benzene rings is 1. The second kappa shape index (κ2) is 3.94. The number of ether oxygens (including phenoxy) is 1. The maximum absolute atomic E-state index is 10.8. The van der Waals surface area contributed by atoms with E-state index in [1.54, 1.807) is 18.2 Å². The smallest absolute Gasteiger partial charge is 0.161 e. The quantitative estimate of drug-likeness (QED) is 0.767. The molecule has 0 saturated heterocycles. The molecule has 1 aromatic carbocycles. The molecule has 0 bridgehead atoms. The number of ketones is 1. The van der Waals surface area contributed by atoms with Gasteiger partial charge in [-0.25, -0.2) is 0 Å². The number of carbonyl (C=O) groups excluding carboxylic acids is 1. The number of carbonyl (C=O) groups is 1. The van der Waals surface area contributed by atoms with Gasteiger partial charge in [0.1, 0.15) is 5.78 Å². The summed E-state index contributed by atoms with van der Waals surface area (Å²) in [6.07, 6.45) is 0.239. The molecule has 3 nitrogen and oxygen atoms in total. The number of hydrogen-bond donors (Lipinski definition) is 1. The zero-order chi connectivity index (χ0) is 9.84. The molecule has 0 unspecified atom stereocenters. The van der Waals surface area contributed by atoms with Gasteiger partial charge < -0.3 is 9.84 Å². The van der Waals surface area contributed by atoms with Crippen LogP contribution in [0.5, 0.6) is 11.5 Å². The fraction of sp³-hybridized carbons (Fsp3) is 0.300. The van der Waals surface area contributed by atoms with Crippen molar-refractivity contribution in [2.45, 2.75) is 13.3 Å². The van der Waals surface area contributed by atoms with Gasteiger partial charge in [-0.15, -0.1) is 0 Å². The number of phenols is 1. The summed E-state index contributed by atoms with van der Waals surface area (Å²) in [5.74, 6) is 0.475. The highest BCUT2D eigenvalue weighted by molar-refractivity contribution is 5.79. The highest BCUT2D eigenvalue weighted by atomic mass is 16.5. The Hall–Kier alpha value is -1.51. The summed E-state index contributed by atoms with van der Waals surface area (Å²) in [5.41, 5.74) is 0.604. The van der Waals surface area contributed by atoms with Crippen LogP contribution in [0, 0.1) is 0 Å². The maximum Gasteiger partial charge on any atom is 0.161 e. The van der Waals surface area contributed by atoms with Gasteiger partial charge in [0, 0.05) is 12.0 Å². The van der Waals surface area contributed by atoms with E-state index in [-0.39, 0.29) is 18.0 Å². The maximum atomic E-state index is 10.8. The lowest BCUT2D eigenvalue weighted by Gasteiger charge is -2.06. The van der Waals surface area contributed by atoms with Gasteiger partial charge in [0.15, 0.2) is 11.5 Å². The molecule has 0 amide bonds. The normalized spacial score (nSPS) is 9.69. The second-order valence-corrected chi connectivity index (χ2v) is 2.85. The van der Waals surface area contributed by atoms with E-state index in [0.717, 1.165) is 0 Å². The lowest BCUT2D eigenvalue weighted by molar-refractivity contribution is -0.116. The summed E-state index contributed by atoms with van der Waals surface area (Å²) in [6.45, 7) is 1.49. The minimum absolute atomic E-state index is 0.0172. The fourth-order valence-corrected chi connectivity index (χ4v) is 1.14. The molecule has 0 saturated carbocycles. The molecule has 70 valence electrons. The van der Waals surface area contributed by atoms with Crippen molar-refractivity contribution >= 4 is 5.78 Å². The highest BCUT2D eigenvalue weighted by Gasteiger charge is 2.08. The molecule has 0 aliphatic rings. The molecular weight excluding hydrogens is 168 g/mol. The van der Waals surface area contributed by atoms with Gasteiger partial charge in [0.05, 0.1) is 7.11 Å².